The third-order valence-electron chi connectivity index (χ3n) is 8.29. The Bertz CT molecular complexity index is 871. The predicted molar refractivity (Wildman–Crippen MR) is 126 cm³/mol. The summed E-state index contributed by atoms with van der Waals surface area (Å²) in [7, 11) is 0. The molecule has 0 unspecified atom stereocenters. The molecule has 5 rings (SSSR count). The molecule has 0 spiro atoms. The van der Waals surface area contributed by atoms with Gasteiger partial charge in [0, 0.05) is 25.6 Å². The fraction of sp³-hybridized carbons (Fsp3) is 0.571. The smallest absolute Gasteiger partial charge is 0.123 e. The van der Waals surface area contributed by atoms with Gasteiger partial charge in [-0.25, -0.2) is 8.78 Å². The van der Waals surface area contributed by atoms with Crippen LogP contribution in [0.3, 0.4) is 0 Å². The Morgan fingerprint density at radius 1 is 0.781 bits per heavy atom. The molecule has 0 aromatic heterocycles. The molecular formula is C28H36F2N2. The summed E-state index contributed by atoms with van der Waals surface area (Å²) in [6, 6.07) is 14.4. The molecule has 2 aliphatic heterocycles. The quantitative estimate of drug-likeness (QED) is 0.519. The van der Waals surface area contributed by atoms with Crippen LogP contribution in [-0.2, 0) is 0 Å². The second kappa shape index (κ2) is 10.0. The highest BCUT2D eigenvalue weighted by Crippen LogP contribution is 2.37. The number of rotatable bonds is 7. The molecule has 1 aliphatic carbocycles. The zero-order valence-electron chi connectivity index (χ0n) is 19.1. The Labute approximate surface area is 191 Å². The van der Waals surface area contributed by atoms with Crippen molar-refractivity contribution in [1.29, 1.82) is 0 Å². The Hall–Kier alpha value is -1.78. The van der Waals surface area contributed by atoms with Crippen LogP contribution in [0, 0.1) is 23.5 Å². The zero-order chi connectivity index (χ0) is 21.9. The highest BCUT2D eigenvalue weighted by atomic mass is 19.1. The van der Waals surface area contributed by atoms with Gasteiger partial charge in [0.2, 0.25) is 0 Å². The SMILES string of the molecule is Fc1ccc(C2CCN(C[C@H]3CN(CCC4CCC4)C[C@@H]3c3cccc(F)c3)CC2)cc1. The van der Waals surface area contributed by atoms with Gasteiger partial charge in [0.25, 0.3) is 0 Å². The van der Waals surface area contributed by atoms with Gasteiger partial charge in [0.05, 0.1) is 0 Å². The Morgan fingerprint density at radius 2 is 1.56 bits per heavy atom. The van der Waals surface area contributed by atoms with Gasteiger partial charge < -0.3 is 9.80 Å². The number of hydrogen-bond acceptors (Lipinski definition) is 2. The van der Waals surface area contributed by atoms with Crippen molar-refractivity contribution in [1.82, 2.24) is 9.80 Å². The number of likely N-dealkylation sites (tertiary alicyclic amines) is 2. The van der Waals surface area contributed by atoms with Crippen LogP contribution in [0.25, 0.3) is 0 Å². The van der Waals surface area contributed by atoms with Gasteiger partial charge in [0.1, 0.15) is 11.6 Å². The molecule has 2 saturated heterocycles. The van der Waals surface area contributed by atoms with Crippen molar-refractivity contribution in [3.05, 3.63) is 71.3 Å². The first kappa shape index (κ1) is 22.0. The third-order valence-corrected chi connectivity index (χ3v) is 8.29. The fourth-order valence-corrected chi connectivity index (χ4v) is 6.11. The van der Waals surface area contributed by atoms with E-state index in [1.54, 1.807) is 24.3 Å². The van der Waals surface area contributed by atoms with Crippen molar-refractivity contribution < 1.29 is 8.78 Å². The van der Waals surface area contributed by atoms with Crippen LogP contribution in [0.5, 0.6) is 0 Å². The molecule has 0 amide bonds. The van der Waals surface area contributed by atoms with E-state index in [9.17, 15) is 8.78 Å². The number of hydrogen-bond donors (Lipinski definition) is 0. The van der Waals surface area contributed by atoms with E-state index < -0.39 is 0 Å². The molecule has 1 saturated carbocycles. The van der Waals surface area contributed by atoms with Crippen molar-refractivity contribution >= 4 is 0 Å². The second-order valence-corrected chi connectivity index (χ2v) is 10.4. The minimum absolute atomic E-state index is 0.116. The van der Waals surface area contributed by atoms with Crippen LogP contribution in [-0.4, -0.2) is 49.1 Å². The van der Waals surface area contributed by atoms with E-state index >= 15 is 0 Å². The van der Waals surface area contributed by atoms with Gasteiger partial charge in [-0.05, 0) is 92.0 Å². The van der Waals surface area contributed by atoms with E-state index in [1.165, 1.54) is 43.4 Å². The molecule has 2 aromatic carbocycles. The summed E-state index contributed by atoms with van der Waals surface area (Å²) in [5.74, 6) is 2.18. The molecule has 2 atom stereocenters. The molecule has 172 valence electrons. The van der Waals surface area contributed by atoms with Crippen LogP contribution >= 0.6 is 0 Å². The average molecular weight is 439 g/mol. The first-order chi connectivity index (χ1) is 15.6. The highest BCUT2D eigenvalue weighted by molar-refractivity contribution is 5.24. The fourth-order valence-electron chi connectivity index (χ4n) is 6.11. The highest BCUT2D eigenvalue weighted by Gasteiger charge is 2.36. The molecule has 3 aliphatic rings. The van der Waals surface area contributed by atoms with E-state index in [0.29, 0.717) is 17.8 Å². The lowest BCUT2D eigenvalue weighted by molar-refractivity contribution is 0.175. The van der Waals surface area contributed by atoms with Crippen molar-refractivity contribution in [2.75, 3.05) is 39.3 Å². The van der Waals surface area contributed by atoms with Gasteiger partial charge in [-0.3, -0.25) is 0 Å². The Kier molecular flexibility index (Phi) is 6.89. The summed E-state index contributed by atoms with van der Waals surface area (Å²) in [6.07, 6.45) is 7.82. The van der Waals surface area contributed by atoms with E-state index in [-0.39, 0.29) is 11.6 Å². The van der Waals surface area contributed by atoms with Crippen molar-refractivity contribution in [2.45, 2.75) is 50.4 Å². The van der Waals surface area contributed by atoms with Gasteiger partial charge in [-0.15, -0.1) is 0 Å². The van der Waals surface area contributed by atoms with Crippen LogP contribution < -0.4 is 0 Å². The minimum Gasteiger partial charge on any atom is -0.303 e. The lowest BCUT2D eigenvalue weighted by Crippen LogP contribution is -2.38. The number of piperidine rings is 1. The largest absolute Gasteiger partial charge is 0.303 e. The Balaban J connectivity index is 1.20. The maximum atomic E-state index is 14.0. The summed E-state index contributed by atoms with van der Waals surface area (Å²) in [4.78, 5) is 5.26. The molecule has 32 heavy (non-hydrogen) atoms. The lowest BCUT2D eigenvalue weighted by atomic mass is 9.83. The summed E-state index contributed by atoms with van der Waals surface area (Å²) >= 11 is 0. The van der Waals surface area contributed by atoms with Crippen LogP contribution in [0.1, 0.15) is 61.5 Å². The van der Waals surface area contributed by atoms with E-state index in [2.05, 4.69) is 15.9 Å². The summed E-state index contributed by atoms with van der Waals surface area (Å²) in [5.41, 5.74) is 2.44. The Morgan fingerprint density at radius 3 is 2.25 bits per heavy atom. The molecular weight excluding hydrogens is 402 g/mol. The first-order valence-corrected chi connectivity index (χ1v) is 12.6. The molecule has 2 aromatic rings. The van der Waals surface area contributed by atoms with Crippen LogP contribution in [0.15, 0.2) is 48.5 Å². The molecule has 4 heteroatoms. The lowest BCUT2D eigenvalue weighted by Gasteiger charge is -2.35. The standard InChI is InChI=1S/C28H36F2N2/c29-26-9-7-22(8-10-26)23-12-15-31(16-13-23)18-25-19-32(14-11-21-3-1-4-21)20-28(25)24-5-2-6-27(30)17-24/h2,5-10,17,21,23,25,28H,1,3-4,11-16,18-20H2/t25-,28+/m0/s1. The number of benzene rings is 2. The predicted octanol–water partition coefficient (Wildman–Crippen LogP) is 6.05. The molecule has 2 heterocycles. The third kappa shape index (κ3) is 5.23. The second-order valence-electron chi connectivity index (χ2n) is 10.4. The van der Waals surface area contributed by atoms with Crippen LogP contribution in [0.4, 0.5) is 8.78 Å². The normalized spacial score (nSPS) is 25.8. The van der Waals surface area contributed by atoms with E-state index in [4.69, 9.17) is 0 Å². The molecule has 0 N–H and O–H groups in total. The topological polar surface area (TPSA) is 6.48 Å². The molecule has 2 nitrogen and oxygen atoms in total. The average Bonchev–Trinajstić information content (AvgIpc) is 3.16. The summed E-state index contributed by atoms with van der Waals surface area (Å²) in [6.45, 7) is 6.67. The minimum atomic E-state index is -0.155. The maximum Gasteiger partial charge on any atom is 0.123 e. The van der Waals surface area contributed by atoms with E-state index in [1.807, 2.05) is 18.2 Å². The molecule has 3 fully saturated rings. The summed E-state index contributed by atoms with van der Waals surface area (Å²) in [5, 5.41) is 0. The van der Waals surface area contributed by atoms with Crippen molar-refractivity contribution in [3.8, 4) is 0 Å². The van der Waals surface area contributed by atoms with E-state index in [0.717, 1.165) is 51.5 Å². The van der Waals surface area contributed by atoms with Gasteiger partial charge in [0.15, 0.2) is 0 Å². The monoisotopic (exact) mass is 438 g/mol. The first-order valence-electron chi connectivity index (χ1n) is 12.6. The van der Waals surface area contributed by atoms with Gasteiger partial charge in [-0.2, -0.15) is 0 Å². The van der Waals surface area contributed by atoms with Gasteiger partial charge in [-0.1, -0.05) is 43.5 Å². The van der Waals surface area contributed by atoms with Gasteiger partial charge >= 0.3 is 0 Å². The van der Waals surface area contributed by atoms with Crippen molar-refractivity contribution in [3.63, 3.8) is 0 Å². The summed E-state index contributed by atoms with van der Waals surface area (Å²) < 4.78 is 27.3. The van der Waals surface area contributed by atoms with Crippen LogP contribution in [0.2, 0.25) is 0 Å². The zero-order valence-corrected chi connectivity index (χ0v) is 19.1. The number of nitrogens with zero attached hydrogens (tertiary/aromatic N) is 2. The number of halogens is 2. The molecule has 0 radical (unpaired) electrons. The maximum absolute atomic E-state index is 14.0. The molecule has 0 bridgehead atoms. The van der Waals surface area contributed by atoms with Crippen molar-refractivity contribution in [2.24, 2.45) is 11.8 Å².